The maximum Gasteiger partial charge on any atom is 0.0778 e. The van der Waals surface area contributed by atoms with E-state index in [0.717, 1.165) is 10.6 Å². The fourth-order valence-electron chi connectivity index (χ4n) is 1.67. The Morgan fingerprint density at radius 2 is 2.06 bits per heavy atom. The lowest BCUT2D eigenvalue weighted by Gasteiger charge is -2.13. The fraction of sp³-hybridized carbons (Fsp3) is 0.333. The van der Waals surface area contributed by atoms with Crippen molar-refractivity contribution in [3.05, 3.63) is 41.1 Å². The topological polar surface area (TPSA) is 12.0 Å². The average molecular weight is 351 g/mol. The van der Waals surface area contributed by atoms with Crippen molar-refractivity contribution < 1.29 is 0 Å². The van der Waals surface area contributed by atoms with Crippen molar-refractivity contribution in [3.8, 4) is 0 Å². The molecule has 1 atom stereocenters. The molecule has 92 valence electrons. The quantitative estimate of drug-likeness (QED) is 0.807. The van der Waals surface area contributed by atoms with Crippen LogP contribution in [0.3, 0.4) is 0 Å². The minimum Gasteiger partial charge on any atom is -0.308 e. The lowest BCUT2D eigenvalue weighted by Crippen LogP contribution is -2.15. The van der Waals surface area contributed by atoms with Gasteiger partial charge in [0.25, 0.3) is 0 Å². The smallest absolute Gasteiger partial charge is 0.0778 e. The number of thiophene rings is 2. The summed E-state index contributed by atoms with van der Waals surface area (Å²) in [7, 11) is 1.97. The molecule has 0 aliphatic carbocycles. The lowest BCUT2D eigenvalue weighted by molar-refractivity contribution is 0.716. The first-order valence-corrected chi connectivity index (χ1v) is 8.08. The van der Waals surface area contributed by atoms with Crippen LogP contribution in [0.4, 0.5) is 0 Å². The van der Waals surface area contributed by atoms with Gasteiger partial charge < -0.3 is 5.32 Å². The van der Waals surface area contributed by atoms with Gasteiger partial charge in [-0.25, -0.2) is 0 Å². The number of hydrogen-bond acceptors (Lipinski definition) is 3. The molecule has 0 saturated heterocycles. The summed E-state index contributed by atoms with van der Waals surface area (Å²) in [6, 6.07) is 2.40. The highest BCUT2D eigenvalue weighted by atomic mass is 79.9. The zero-order chi connectivity index (χ0) is 12.6. The van der Waals surface area contributed by atoms with Gasteiger partial charge in [-0.1, -0.05) is 11.6 Å². The monoisotopic (exact) mass is 349 g/mol. The molecule has 0 fully saturated rings. The molecule has 0 aliphatic heterocycles. The van der Waals surface area contributed by atoms with Gasteiger partial charge in [-0.3, -0.25) is 0 Å². The van der Waals surface area contributed by atoms with Crippen molar-refractivity contribution >= 4 is 50.2 Å². The van der Waals surface area contributed by atoms with Crippen molar-refractivity contribution in [2.24, 2.45) is 0 Å². The van der Waals surface area contributed by atoms with Gasteiger partial charge in [0.05, 0.1) is 14.9 Å². The zero-order valence-electron chi connectivity index (χ0n) is 9.80. The van der Waals surface area contributed by atoms with E-state index in [1.807, 2.05) is 14.0 Å². The number of hydrogen-bond donors (Lipinski definition) is 1. The molecular weight excluding hydrogens is 338 g/mol. The van der Waals surface area contributed by atoms with Crippen molar-refractivity contribution in [1.82, 2.24) is 5.32 Å². The Kier molecular flexibility index (Phi) is 4.31. The second-order valence-electron chi connectivity index (χ2n) is 3.92. The van der Waals surface area contributed by atoms with E-state index in [9.17, 15) is 0 Å². The van der Waals surface area contributed by atoms with Gasteiger partial charge >= 0.3 is 0 Å². The largest absolute Gasteiger partial charge is 0.308 e. The molecule has 1 N–H and O–H groups in total. The second-order valence-corrected chi connectivity index (χ2v) is 7.61. The molecule has 0 amide bonds. The van der Waals surface area contributed by atoms with E-state index in [0.29, 0.717) is 0 Å². The van der Waals surface area contributed by atoms with Gasteiger partial charge in [-0.2, -0.15) is 0 Å². The number of rotatable bonds is 3. The molecule has 0 aromatic carbocycles. The summed E-state index contributed by atoms with van der Waals surface area (Å²) < 4.78 is 1.19. The van der Waals surface area contributed by atoms with Crippen LogP contribution in [-0.2, 0) is 0 Å². The highest BCUT2D eigenvalue weighted by molar-refractivity contribution is 9.11. The molecule has 1 unspecified atom stereocenters. The van der Waals surface area contributed by atoms with Crippen LogP contribution >= 0.6 is 50.2 Å². The Labute approximate surface area is 123 Å². The van der Waals surface area contributed by atoms with Crippen molar-refractivity contribution in [1.29, 1.82) is 0 Å². The fourth-order valence-corrected chi connectivity index (χ4v) is 4.87. The van der Waals surface area contributed by atoms with Gasteiger partial charge in [-0.05, 0) is 59.4 Å². The summed E-state index contributed by atoms with van der Waals surface area (Å²) >= 11 is 13.4. The molecule has 0 radical (unpaired) electrons. The SMILES string of the molecule is CNC(c1cc(C)c(Br)s1)c1scc(C)c1Cl. The molecule has 0 saturated carbocycles. The highest BCUT2D eigenvalue weighted by Gasteiger charge is 2.20. The van der Waals surface area contributed by atoms with Crippen molar-refractivity contribution in [2.75, 3.05) is 7.05 Å². The van der Waals surface area contributed by atoms with Gasteiger partial charge in [-0.15, -0.1) is 22.7 Å². The molecule has 2 rings (SSSR count). The summed E-state index contributed by atoms with van der Waals surface area (Å²) in [6.07, 6.45) is 0. The first-order valence-electron chi connectivity index (χ1n) is 5.21. The average Bonchev–Trinajstić information content (AvgIpc) is 2.78. The van der Waals surface area contributed by atoms with Crippen LogP contribution in [0, 0.1) is 13.8 Å². The summed E-state index contributed by atoms with van der Waals surface area (Å²) in [6.45, 7) is 4.16. The lowest BCUT2D eigenvalue weighted by atomic mass is 10.1. The minimum absolute atomic E-state index is 0.191. The summed E-state index contributed by atoms with van der Waals surface area (Å²) in [5.41, 5.74) is 2.42. The molecule has 17 heavy (non-hydrogen) atoms. The molecule has 2 aromatic rings. The third-order valence-electron chi connectivity index (χ3n) is 2.64. The molecular formula is C12H13BrClNS2. The Morgan fingerprint density at radius 1 is 1.35 bits per heavy atom. The first kappa shape index (κ1) is 13.6. The van der Waals surface area contributed by atoms with Crippen molar-refractivity contribution in [2.45, 2.75) is 19.9 Å². The van der Waals surface area contributed by atoms with E-state index < -0.39 is 0 Å². The Morgan fingerprint density at radius 3 is 2.47 bits per heavy atom. The van der Waals surface area contributed by atoms with Crippen LogP contribution in [0.15, 0.2) is 15.2 Å². The normalized spacial score (nSPS) is 13.0. The Hall–Kier alpha value is 0.130. The summed E-state index contributed by atoms with van der Waals surface area (Å²) in [5, 5.41) is 6.34. The molecule has 0 aliphatic rings. The van der Waals surface area contributed by atoms with E-state index >= 15 is 0 Å². The second kappa shape index (κ2) is 5.41. The van der Waals surface area contributed by atoms with Crippen LogP contribution in [0.25, 0.3) is 0 Å². The predicted molar refractivity (Wildman–Crippen MR) is 81.7 cm³/mol. The summed E-state index contributed by atoms with van der Waals surface area (Å²) in [4.78, 5) is 2.49. The Balaban J connectivity index is 2.43. The molecule has 0 spiro atoms. The first-order chi connectivity index (χ1) is 8.04. The molecule has 5 heteroatoms. The van der Waals surface area contributed by atoms with E-state index in [4.69, 9.17) is 11.6 Å². The molecule has 2 heterocycles. The predicted octanol–water partition coefficient (Wildman–Crippen LogP) is 5.15. The molecule has 0 bridgehead atoms. The highest BCUT2D eigenvalue weighted by Crippen LogP contribution is 2.39. The maximum absolute atomic E-state index is 6.34. The van der Waals surface area contributed by atoms with Gasteiger partial charge in [0.15, 0.2) is 0 Å². The van der Waals surface area contributed by atoms with Gasteiger partial charge in [0.1, 0.15) is 0 Å². The van der Waals surface area contributed by atoms with Crippen LogP contribution in [0.5, 0.6) is 0 Å². The van der Waals surface area contributed by atoms with Gasteiger partial charge in [0, 0.05) is 9.75 Å². The molecule has 1 nitrogen and oxygen atoms in total. The van der Waals surface area contributed by atoms with E-state index in [-0.39, 0.29) is 6.04 Å². The third kappa shape index (κ3) is 2.61. The number of halogens is 2. The number of nitrogens with one attached hydrogen (secondary N) is 1. The summed E-state index contributed by atoms with van der Waals surface area (Å²) in [5.74, 6) is 0. The van der Waals surface area contributed by atoms with Crippen LogP contribution < -0.4 is 5.32 Å². The van der Waals surface area contributed by atoms with Crippen LogP contribution in [0.2, 0.25) is 5.02 Å². The van der Waals surface area contributed by atoms with E-state index in [2.05, 4.69) is 39.6 Å². The van der Waals surface area contributed by atoms with E-state index in [1.165, 1.54) is 19.1 Å². The maximum atomic E-state index is 6.34. The number of aryl methyl sites for hydroxylation is 2. The standard InChI is InChI=1S/C12H13BrClNS2/c1-6-4-8(17-12(6)13)10(15-3)11-9(14)7(2)5-16-11/h4-5,10,15H,1-3H3. The van der Waals surface area contributed by atoms with Crippen LogP contribution in [0.1, 0.15) is 26.9 Å². The van der Waals surface area contributed by atoms with Crippen LogP contribution in [-0.4, -0.2) is 7.05 Å². The van der Waals surface area contributed by atoms with Gasteiger partial charge in [0.2, 0.25) is 0 Å². The Bertz CT molecular complexity index is 513. The molecule has 2 aromatic heterocycles. The van der Waals surface area contributed by atoms with Crippen molar-refractivity contribution in [3.63, 3.8) is 0 Å². The zero-order valence-corrected chi connectivity index (χ0v) is 13.8. The van der Waals surface area contributed by atoms with E-state index in [1.54, 1.807) is 22.7 Å². The third-order valence-corrected chi connectivity index (χ3v) is 6.62. The minimum atomic E-state index is 0.191.